The van der Waals surface area contributed by atoms with Crippen LogP contribution in [0.3, 0.4) is 0 Å². The summed E-state index contributed by atoms with van der Waals surface area (Å²) in [6.45, 7) is 3.20. The second kappa shape index (κ2) is 8.57. The van der Waals surface area contributed by atoms with E-state index in [9.17, 15) is 4.79 Å². The molecule has 3 rings (SSSR count). The van der Waals surface area contributed by atoms with Gasteiger partial charge in [-0.05, 0) is 31.6 Å². The number of likely N-dealkylation sites (N-methyl/N-ethyl adjacent to an activating group) is 1. The SMILES string of the molecule is CN(C)CCOCC1CN(C(=O)/C=C/c2cccs2)Cc2nnn(C)c21. The third-order valence-corrected chi connectivity index (χ3v) is 5.20. The Morgan fingerprint density at radius 3 is 3.08 bits per heavy atom. The van der Waals surface area contributed by atoms with Crippen molar-refractivity contribution in [3.63, 3.8) is 0 Å². The van der Waals surface area contributed by atoms with Crippen LogP contribution < -0.4 is 0 Å². The van der Waals surface area contributed by atoms with E-state index in [4.69, 9.17) is 4.74 Å². The maximum atomic E-state index is 12.6. The smallest absolute Gasteiger partial charge is 0.246 e. The van der Waals surface area contributed by atoms with Crippen molar-refractivity contribution < 1.29 is 9.53 Å². The summed E-state index contributed by atoms with van der Waals surface area (Å²) < 4.78 is 7.65. The van der Waals surface area contributed by atoms with Crippen molar-refractivity contribution in [1.29, 1.82) is 0 Å². The van der Waals surface area contributed by atoms with Crippen LogP contribution in [0, 0.1) is 0 Å². The molecule has 0 saturated carbocycles. The molecule has 0 fully saturated rings. The zero-order valence-electron chi connectivity index (χ0n) is 15.5. The van der Waals surface area contributed by atoms with Gasteiger partial charge in [0.15, 0.2) is 0 Å². The van der Waals surface area contributed by atoms with Crippen molar-refractivity contribution in [3.8, 4) is 0 Å². The Balaban J connectivity index is 1.66. The highest BCUT2D eigenvalue weighted by Crippen LogP contribution is 2.27. The second-order valence-electron chi connectivity index (χ2n) is 6.69. The Labute approximate surface area is 157 Å². The van der Waals surface area contributed by atoms with E-state index in [-0.39, 0.29) is 11.8 Å². The summed E-state index contributed by atoms with van der Waals surface area (Å²) in [6.07, 6.45) is 3.50. The first-order valence-corrected chi connectivity index (χ1v) is 9.54. The number of thiophene rings is 1. The third kappa shape index (κ3) is 4.57. The Kier molecular flexibility index (Phi) is 6.18. The number of carbonyl (C=O) groups excluding carboxylic acids is 1. The van der Waals surface area contributed by atoms with E-state index in [1.54, 1.807) is 22.1 Å². The van der Waals surface area contributed by atoms with Gasteiger partial charge in [0.05, 0.1) is 25.5 Å². The topological polar surface area (TPSA) is 63.5 Å². The summed E-state index contributed by atoms with van der Waals surface area (Å²) in [5, 5.41) is 10.4. The number of rotatable bonds is 7. The van der Waals surface area contributed by atoms with Gasteiger partial charge < -0.3 is 14.5 Å². The summed E-state index contributed by atoms with van der Waals surface area (Å²) in [6, 6.07) is 3.97. The molecule has 1 aliphatic heterocycles. The van der Waals surface area contributed by atoms with Crippen LogP contribution in [0.1, 0.15) is 22.2 Å². The molecule has 0 spiro atoms. The summed E-state index contributed by atoms with van der Waals surface area (Å²) >= 11 is 1.61. The molecule has 0 aromatic carbocycles. The van der Waals surface area contributed by atoms with Crippen LogP contribution in [0.5, 0.6) is 0 Å². The van der Waals surface area contributed by atoms with Gasteiger partial charge in [0.1, 0.15) is 5.69 Å². The molecule has 2 aromatic heterocycles. The van der Waals surface area contributed by atoms with Gasteiger partial charge in [-0.25, -0.2) is 0 Å². The zero-order chi connectivity index (χ0) is 18.5. The van der Waals surface area contributed by atoms with E-state index in [1.807, 2.05) is 49.6 Å². The fourth-order valence-electron chi connectivity index (χ4n) is 3.03. The van der Waals surface area contributed by atoms with E-state index >= 15 is 0 Å². The zero-order valence-corrected chi connectivity index (χ0v) is 16.3. The Hall–Kier alpha value is -2.03. The summed E-state index contributed by atoms with van der Waals surface area (Å²) in [7, 11) is 5.94. The maximum absolute atomic E-state index is 12.6. The number of aromatic nitrogens is 3. The average molecular weight is 375 g/mol. The molecular weight excluding hydrogens is 350 g/mol. The van der Waals surface area contributed by atoms with Crippen LogP contribution in [0.2, 0.25) is 0 Å². The number of hydrogen-bond acceptors (Lipinski definition) is 6. The van der Waals surface area contributed by atoms with E-state index in [2.05, 4.69) is 15.2 Å². The predicted octanol–water partition coefficient (Wildman–Crippen LogP) is 1.59. The quantitative estimate of drug-likeness (QED) is 0.543. The normalized spacial score (nSPS) is 17.2. The molecule has 3 heterocycles. The van der Waals surface area contributed by atoms with E-state index < -0.39 is 0 Å². The first-order chi connectivity index (χ1) is 12.5. The number of fused-ring (bicyclic) bond motifs is 1. The van der Waals surface area contributed by atoms with Crippen molar-refractivity contribution in [2.45, 2.75) is 12.5 Å². The van der Waals surface area contributed by atoms with Gasteiger partial charge in [-0.2, -0.15) is 0 Å². The van der Waals surface area contributed by atoms with Crippen LogP contribution in [0.25, 0.3) is 6.08 Å². The minimum atomic E-state index is -0.00649. The number of amides is 1. The van der Waals surface area contributed by atoms with Crippen LogP contribution in [0.4, 0.5) is 0 Å². The molecule has 0 N–H and O–H groups in total. The molecule has 0 saturated heterocycles. The minimum absolute atomic E-state index is 0.00649. The monoisotopic (exact) mass is 375 g/mol. The highest BCUT2D eigenvalue weighted by molar-refractivity contribution is 7.10. The Morgan fingerprint density at radius 2 is 2.35 bits per heavy atom. The van der Waals surface area contributed by atoms with Crippen LogP contribution in [0.15, 0.2) is 23.6 Å². The van der Waals surface area contributed by atoms with Gasteiger partial charge >= 0.3 is 0 Å². The third-order valence-electron chi connectivity index (χ3n) is 4.36. The molecule has 7 nitrogen and oxygen atoms in total. The van der Waals surface area contributed by atoms with Gasteiger partial charge in [0, 0.05) is 37.0 Å². The van der Waals surface area contributed by atoms with Crippen LogP contribution in [-0.4, -0.2) is 71.1 Å². The largest absolute Gasteiger partial charge is 0.379 e. The van der Waals surface area contributed by atoms with Crippen molar-refractivity contribution in [1.82, 2.24) is 24.8 Å². The number of aryl methyl sites for hydroxylation is 1. The molecule has 0 aliphatic carbocycles. The van der Waals surface area contributed by atoms with E-state index in [0.717, 1.165) is 22.8 Å². The molecule has 8 heteroatoms. The predicted molar refractivity (Wildman–Crippen MR) is 102 cm³/mol. The molecule has 0 bridgehead atoms. The molecule has 1 atom stereocenters. The van der Waals surface area contributed by atoms with Gasteiger partial charge in [0.2, 0.25) is 5.91 Å². The lowest BCUT2D eigenvalue weighted by molar-refractivity contribution is -0.127. The fraction of sp³-hybridized carbons (Fsp3) is 0.500. The Morgan fingerprint density at radius 1 is 1.50 bits per heavy atom. The lowest BCUT2D eigenvalue weighted by Gasteiger charge is -2.31. The number of nitrogens with zero attached hydrogens (tertiary/aromatic N) is 5. The first-order valence-electron chi connectivity index (χ1n) is 8.66. The first kappa shape index (κ1) is 18.8. The molecule has 2 aromatic rings. The van der Waals surface area contributed by atoms with Gasteiger partial charge in [-0.1, -0.05) is 11.3 Å². The maximum Gasteiger partial charge on any atom is 0.246 e. The minimum Gasteiger partial charge on any atom is -0.379 e. The number of ether oxygens (including phenoxy) is 1. The lowest BCUT2D eigenvalue weighted by atomic mass is 9.99. The lowest BCUT2D eigenvalue weighted by Crippen LogP contribution is -2.39. The van der Waals surface area contributed by atoms with Crippen molar-refractivity contribution in [2.24, 2.45) is 7.05 Å². The highest BCUT2D eigenvalue weighted by atomic mass is 32.1. The second-order valence-corrected chi connectivity index (χ2v) is 7.67. The highest BCUT2D eigenvalue weighted by Gasteiger charge is 2.31. The molecular formula is C18H25N5O2S. The molecule has 0 radical (unpaired) electrons. The van der Waals surface area contributed by atoms with Crippen molar-refractivity contribution >= 4 is 23.3 Å². The van der Waals surface area contributed by atoms with Crippen LogP contribution in [-0.2, 0) is 23.1 Å². The summed E-state index contributed by atoms with van der Waals surface area (Å²) in [5.74, 6) is 0.0768. The molecule has 1 amide bonds. The van der Waals surface area contributed by atoms with Crippen molar-refractivity contribution in [3.05, 3.63) is 39.9 Å². The molecule has 26 heavy (non-hydrogen) atoms. The van der Waals surface area contributed by atoms with Crippen LogP contribution >= 0.6 is 11.3 Å². The van der Waals surface area contributed by atoms with Gasteiger partial charge in [0.25, 0.3) is 0 Å². The Bertz CT molecular complexity index is 754. The number of hydrogen-bond donors (Lipinski definition) is 0. The summed E-state index contributed by atoms with van der Waals surface area (Å²) in [4.78, 5) is 17.6. The molecule has 1 unspecified atom stereocenters. The fourth-order valence-corrected chi connectivity index (χ4v) is 3.65. The van der Waals surface area contributed by atoms with Gasteiger partial charge in [-0.3, -0.25) is 9.48 Å². The molecule has 140 valence electrons. The molecule has 1 aliphatic rings. The van der Waals surface area contributed by atoms with Crippen molar-refractivity contribution in [2.75, 3.05) is 40.4 Å². The summed E-state index contributed by atoms with van der Waals surface area (Å²) in [5.41, 5.74) is 1.93. The van der Waals surface area contributed by atoms with Gasteiger partial charge in [-0.15, -0.1) is 16.4 Å². The standard InChI is InChI=1S/C18H25N5O2S/c1-21(2)8-9-25-13-14-11-23(12-16-18(14)22(3)20-19-16)17(24)7-6-15-5-4-10-26-15/h4-7,10,14H,8-9,11-13H2,1-3H3/b7-6+. The van der Waals surface area contributed by atoms with E-state index in [0.29, 0.717) is 26.3 Å². The average Bonchev–Trinajstić information content (AvgIpc) is 3.26. The van der Waals surface area contributed by atoms with E-state index in [1.165, 1.54) is 0 Å². The number of carbonyl (C=O) groups is 1.